The average molecular weight is 198 g/mol. The first-order chi connectivity index (χ1) is 6.70. The first kappa shape index (κ1) is 11.2. The summed E-state index contributed by atoms with van der Waals surface area (Å²) in [5.41, 5.74) is 0.962. The molecule has 1 aromatic carbocycles. The molecule has 0 nitrogen and oxygen atoms in total. The van der Waals surface area contributed by atoms with Crippen LogP contribution in [-0.4, -0.2) is 0 Å². The van der Waals surface area contributed by atoms with Crippen molar-refractivity contribution in [3.05, 3.63) is 34.9 Å². The highest BCUT2D eigenvalue weighted by atomic mass is 19.2. The van der Waals surface area contributed by atoms with E-state index >= 15 is 0 Å². The van der Waals surface area contributed by atoms with Gasteiger partial charge in [-0.05, 0) is 30.4 Å². The lowest BCUT2D eigenvalue weighted by Crippen LogP contribution is -1.98. The molecule has 0 amide bonds. The van der Waals surface area contributed by atoms with Crippen molar-refractivity contribution in [2.75, 3.05) is 0 Å². The molecular weight excluding hydrogens is 182 g/mol. The smallest absolute Gasteiger partial charge is 0.162 e. The maximum atomic E-state index is 13.4. The number of halogens is 2. The minimum Gasteiger partial charge on any atom is -0.203 e. The second-order valence-electron chi connectivity index (χ2n) is 3.47. The number of hydrogen-bond donors (Lipinski definition) is 0. The van der Waals surface area contributed by atoms with E-state index in [1.54, 1.807) is 12.1 Å². The minimum absolute atomic E-state index is 0.461. The van der Waals surface area contributed by atoms with Crippen LogP contribution in [0.25, 0.3) is 0 Å². The van der Waals surface area contributed by atoms with Crippen molar-refractivity contribution in [2.24, 2.45) is 0 Å². The number of rotatable bonds is 4. The van der Waals surface area contributed by atoms with E-state index < -0.39 is 11.6 Å². The molecule has 14 heavy (non-hydrogen) atoms. The topological polar surface area (TPSA) is 0 Å². The summed E-state index contributed by atoms with van der Waals surface area (Å²) in [6.45, 7) is 3.86. The second-order valence-corrected chi connectivity index (χ2v) is 3.47. The Morgan fingerprint density at radius 1 is 1.00 bits per heavy atom. The predicted molar refractivity (Wildman–Crippen MR) is 54.3 cm³/mol. The molecule has 0 unspecified atom stereocenters. The highest BCUT2D eigenvalue weighted by Gasteiger charge is 2.11. The Labute approximate surface area is 84.0 Å². The standard InChI is InChI=1S/C12H16F2/c1-3-5-6-10-8-7-9(4-2)11(13)12(10)14/h7-8H,3-6H2,1-2H3. The van der Waals surface area contributed by atoms with Gasteiger partial charge in [0.2, 0.25) is 0 Å². The Hall–Kier alpha value is -0.920. The fraction of sp³-hybridized carbons (Fsp3) is 0.500. The summed E-state index contributed by atoms with van der Waals surface area (Å²) in [6, 6.07) is 3.39. The molecule has 0 heterocycles. The van der Waals surface area contributed by atoms with Gasteiger partial charge in [0.1, 0.15) is 0 Å². The van der Waals surface area contributed by atoms with Crippen LogP contribution in [-0.2, 0) is 12.8 Å². The monoisotopic (exact) mass is 198 g/mol. The van der Waals surface area contributed by atoms with E-state index in [1.807, 2.05) is 13.8 Å². The summed E-state index contributed by atoms with van der Waals surface area (Å²) in [6.07, 6.45) is 3.07. The maximum absolute atomic E-state index is 13.4. The molecule has 0 radical (unpaired) electrons. The van der Waals surface area contributed by atoms with Gasteiger partial charge < -0.3 is 0 Å². The van der Waals surface area contributed by atoms with Gasteiger partial charge in [-0.15, -0.1) is 0 Å². The molecule has 1 rings (SSSR count). The number of unbranched alkanes of at least 4 members (excludes halogenated alkanes) is 1. The van der Waals surface area contributed by atoms with Crippen LogP contribution in [0.15, 0.2) is 12.1 Å². The molecule has 0 saturated carbocycles. The number of benzene rings is 1. The highest BCUT2D eigenvalue weighted by Crippen LogP contribution is 2.18. The van der Waals surface area contributed by atoms with E-state index in [9.17, 15) is 8.78 Å². The molecule has 0 bridgehead atoms. The van der Waals surface area contributed by atoms with Crippen molar-refractivity contribution in [3.63, 3.8) is 0 Å². The molecule has 1 aromatic rings. The van der Waals surface area contributed by atoms with Crippen LogP contribution < -0.4 is 0 Å². The van der Waals surface area contributed by atoms with Gasteiger partial charge in [-0.1, -0.05) is 32.4 Å². The van der Waals surface area contributed by atoms with Crippen molar-refractivity contribution in [2.45, 2.75) is 39.5 Å². The van der Waals surface area contributed by atoms with Crippen molar-refractivity contribution in [1.29, 1.82) is 0 Å². The average Bonchev–Trinajstić information content (AvgIpc) is 2.20. The van der Waals surface area contributed by atoms with Gasteiger partial charge >= 0.3 is 0 Å². The zero-order chi connectivity index (χ0) is 10.6. The minimum atomic E-state index is -0.666. The molecule has 0 N–H and O–H groups in total. The molecule has 0 atom stereocenters. The molecule has 0 aromatic heterocycles. The van der Waals surface area contributed by atoms with Gasteiger partial charge in [0.15, 0.2) is 11.6 Å². The van der Waals surface area contributed by atoms with Crippen LogP contribution in [0, 0.1) is 11.6 Å². The third-order valence-electron chi connectivity index (χ3n) is 2.42. The van der Waals surface area contributed by atoms with Gasteiger partial charge in [0.25, 0.3) is 0 Å². The summed E-state index contributed by atoms with van der Waals surface area (Å²) in [5.74, 6) is -1.32. The normalized spacial score (nSPS) is 10.6. The summed E-state index contributed by atoms with van der Waals surface area (Å²) in [4.78, 5) is 0. The summed E-state index contributed by atoms with van der Waals surface area (Å²) >= 11 is 0. The van der Waals surface area contributed by atoms with E-state index in [0.29, 0.717) is 24.0 Å². The van der Waals surface area contributed by atoms with Gasteiger partial charge in [-0.2, -0.15) is 0 Å². The fourth-order valence-electron chi connectivity index (χ4n) is 1.46. The molecule has 78 valence electrons. The van der Waals surface area contributed by atoms with Crippen LogP contribution in [0.3, 0.4) is 0 Å². The molecule has 0 aliphatic heterocycles. The lowest BCUT2D eigenvalue weighted by atomic mass is 10.0. The molecule has 0 aliphatic rings. The maximum Gasteiger partial charge on any atom is 0.162 e. The van der Waals surface area contributed by atoms with E-state index in [2.05, 4.69) is 0 Å². The lowest BCUT2D eigenvalue weighted by molar-refractivity contribution is 0.488. The zero-order valence-corrected chi connectivity index (χ0v) is 8.74. The van der Waals surface area contributed by atoms with Gasteiger partial charge in [-0.25, -0.2) is 8.78 Å². The molecular formula is C12H16F2. The van der Waals surface area contributed by atoms with Crippen molar-refractivity contribution >= 4 is 0 Å². The van der Waals surface area contributed by atoms with Crippen molar-refractivity contribution < 1.29 is 8.78 Å². The van der Waals surface area contributed by atoms with E-state index in [-0.39, 0.29) is 0 Å². The van der Waals surface area contributed by atoms with E-state index in [4.69, 9.17) is 0 Å². The lowest BCUT2D eigenvalue weighted by Gasteiger charge is -2.06. The third kappa shape index (κ3) is 2.31. The van der Waals surface area contributed by atoms with E-state index in [1.165, 1.54) is 0 Å². The van der Waals surface area contributed by atoms with Crippen LogP contribution in [0.2, 0.25) is 0 Å². The number of hydrogen-bond acceptors (Lipinski definition) is 0. The summed E-state index contributed by atoms with van der Waals surface area (Å²) in [7, 11) is 0. The second kappa shape index (κ2) is 5.08. The largest absolute Gasteiger partial charge is 0.203 e. The highest BCUT2D eigenvalue weighted by molar-refractivity contribution is 5.26. The molecule has 0 fully saturated rings. The first-order valence-electron chi connectivity index (χ1n) is 5.16. The fourth-order valence-corrected chi connectivity index (χ4v) is 1.46. The van der Waals surface area contributed by atoms with E-state index in [0.717, 1.165) is 12.8 Å². The Bertz CT molecular complexity index is 305. The Morgan fingerprint density at radius 2 is 1.57 bits per heavy atom. The molecule has 2 heteroatoms. The Balaban J connectivity index is 2.92. The van der Waals surface area contributed by atoms with Crippen LogP contribution in [0.4, 0.5) is 8.78 Å². The van der Waals surface area contributed by atoms with Gasteiger partial charge in [0.05, 0.1) is 0 Å². The number of aryl methyl sites for hydroxylation is 2. The van der Waals surface area contributed by atoms with Crippen LogP contribution in [0.1, 0.15) is 37.8 Å². The van der Waals surface area contributed by atoms with Crippen LogP contribution in [0.5, 0.6) is 0 Å². The molecule has 0 saturated heterocycles. The van der Waals surface area contributed by atoms with Crippen LogP contribution >= 0.6 is 0 Å². The third-order valence-corrected chi connectivity index (χ3v) is 2.42. The predicted octanol–water partition coefficient (Wildman–Crippen LogP) is 3.87. The SMILES string of the molecule is CCCCc1ccc(CC)c(F)c1F. The summed E-state index contributed by atoms with van der Waals surface area (Å²) in [5, 5.41) is 0. The van der Waals surface area contributed by atoms with Crippen molar-refractivity contribution in [3.8, 4) is 0 Å². The molecule has 0 spiro atoms. The summed E-state index contributed by atoms with van der Waals surface area (Å²) < 4.78 is 26.7. The van der Waals surface area contributed by atoms with Gasteiger partial charge in [0, 0.05) is 0 Å². The van der Waals surface area contributed by atoms with Gasteiger partial charge in [-0.3, -0.25) is 0 Å². The quantitative estimate of drug-likeness (QED) is 0.689. The molecule has 0 aliphatic carbocycles. The first-order valence-corrected chi connectivity index (χ1v) is 5.16. The Kier molecular flexibility index (Phi) is 4.05. The zero-order valence-electron chi connectivity index (χ0n) is 8.74. The van der Waals surface area contributed by atoms with Crippen molar-refractivity contribution in [1.82, 2.24) is 0 Å². The Morgan fingerprint density at radius 3 is 2.14 bits per heavy atom.